The first-order chi connectivity index (χ1) is 7.04. The average molecular weight is 338 g/mol. The summed E-state index contributed by atoms with van der Waals surface area (Å²) in [4.78, 5) is 0.523. The summed E-state index contributed by atoms with van der Waals surface area (Å²) in [6.07, 6.45) is 2.07. The van der Waals surface area contributed by atoms with Gasteiger partial charge in [-0.1, -0.05) is 51.8 Å². The Morgan fingerprint density at radius 1 is 1.40 bits per heavy atom. The average Bonchev–Trinajstić information content (AvgIpc) is 2.20. The van der Waals surface area contributed by atoms with E-state index in [9.17, 15) is 4.39 Å². The summed E-state index contributed by atoms with van der Waals surface area (Å²) in [5, 5.41) is 0. The van der Waals surface area contributed by atoms with Crippen LogP contribution in [0.1, 0.15) is 25.8 Å². The molecule has 0 N–H and O–H groups in total. The fourth-order valence-corrected chi connectivity index (χ4v) is 2.26. The van der Waals surface area contributed by atoms with Crippen LogP contribution < -0.4 is 0 Å². The van der Waals surface area contributed by atoms with Crippen LogP contribution in [0.5, 0.6) is 0 Å². The van der Waals surface area contributed by atoms with E-state index in [0.29, 0.717) is 10.7 Å². The van der Waals surface area contributed by atoms with Crippen LogP contribution in [0.15, 0.2) is 22.7 Å². The normalized spacial score (nSPS) is 15.0. The van der Waals surface area contributed by atoms with Crippen molar-refractivity contribution >= 4 is 31.9 Å². The zero-order valence-electron chi connectivity index (χ0n) is 8.93. The predicted octanol–water partition coefficient (Wildman–Crippen LogP) is 4.94. The van der Waals surface area contributed by atoms with Crippen molar-refractivity contribution in [2.75, 3.05) is 0 Å². The molecule has 0 aliphatic carbocycles. The monoisotopic (exact) mass is 336 g/mol. The highest BCUT2D eigenvalue weighted by molar-refractivity contribution is 9.10. The molecule has 0 heterocycles. The quantitative estimate of drug-likeness (QED) is 0.682. The zero-order valence-corrected chi connectivity index (χ0v) is 12.1. The summed E-state index contributed by atoms with van der Waals surface area (Å²) in [6, 6.07) is 4.89. The van der Waals surface area contributed by atoms with Crippen LogP contribution in [-0.4, -0.2) is 4.83 Å². The molecule has 1 aromatic rings. The number of rotatable bonds is 4. The first-order valence-electron chi connectivity index (χ1n) is 5.12. The van der Waals surface area contributed by atoms with Gasteiger partial charge in [0, 0.05) is 9.30 Å². The second-order valence-electron chi connectivity index (χ2n) is 3.84. The molecule has 0 aliphatic rings. The van der Waals surface area contributed by atoms with Crippen molar-refractivity contribution in [3.8, 4) is 0 Å². The summed E-state index contributed by atoms with van der Waals surface area (Å²) in [5.41, 5.74) is 1.17. The molecule has 2 atom stereocenters. The summed E-state index contributed by atoms with van der Waals surface area (Å²) in [6.45, 7) is 4.37. The van der Waals surface area contributed by atoms with Gasteiger partial charge in [-0.2, -0.15) is 0 Å². The van der Waals surface area contributed by atoms with Gasteiger partial charge in [0.15, 0.2) is 0 Å². The van der Waals surface area contributed by atoms with Gasteiger partial charge in [-0.15, -0.1) is 0 Å². The van der Waals surface area contributed by atoms with E-state index in [1.807, 2.05) is 6.07 Å². The van der Waals surface area contributed by atoms with Crippen LogP contribution >= 0.6 is 31.9 Å². The SMILES string of the molecule is CCC(Br)C(C)Cc1ccc(F)cc1Br. The van der Waals surface area contributed by atoms with Crippen LogP contribution in [0.25, 0.3) is 0 Å². The van der Waals surface area contributed by atoms with Gasteiger partial charge < -0.3 is 0 Å². The number of halogens is 3. The van der Waals surface area contributed by atoms with Gasteiger partial charge in [-0.25, -0.2) is 4.39 Å². The molecule has 0 saturated heterocycles. The van der Waals surface area contributed by atoms with E-state index in [-0.39, 0.29) is 5.82 Å². The zero-order chi connectivity index (χ0) is 11.4. The topological polar surface area (TPSA) is 0 Å². The van der Waals surface area contributed by atoms with Crippen molar-refractivity contribution in [3.05, 3.63) is 34.1 Å². The minimum Gasteiger partial charge on any atom is -0.207 e. The molecule has 0 bridgehead atoms. The Bertz CT molecular complexity index is 325. The van der Waals surface area contributed by atoms with Crippen molar-refractivity contribution < 1.29 is 4.39 Å². The molecular formula is C12H15Br2F. The molecule has 0 spiro atoms. The smallest absolute Gasteiger partial charge is 0.124 e. The molecule has 0 saturated carbocycles. The number of alkyl halides is 1. The Hall–Kier alpha value is 0.110. The van der Waals surface area contributed by atoms with Gasteiger partial charge in [-0.05, 0) is 36.5 Å². The molecule has 0 amide bonds. The van der Waals surface area contributed by atoms with Gasteiger partial charge in [0.2, 0.25) is 0 Å². The van der Waals surface area contributed by atoms with Gasteiger partial charge in [-0.3, -0.25) is 0 Å². The summed E-state index contributed by atoms with van der Waals surface area (Å²) in [5.74, 6) is 0.362. The third kappa shape index (κ3) is 3.87. The van der Waals surface area contributed by atoms with Crippen molar-refractivity contribution in [1.82, 2.24) is 0 Å². The van der Waals surface area contributed by atoms with Gasteiger partial charge >= 0.3 is 0 Å². The maximum absolute atomic E-state index is 12.9. The Kier molecular flexibility index (Phi) is 5.27. The van der Waals surface area contributed by atoms with Gasteiger partial charge in [0.25, 0.3) is 0 Å². The van der Waals surface area contributed by atoms with E-state index in [4.69, 9.17) is 0 Å². The van der Waals surface area contributed by atoms with Crippen molar-refractivity contribution in [2.24, 2.45) is 5.92 Å². The summed E-state index contributed by atoms with van der Waals surface area (Å²) in [7, 11) is 0. The summed E-state index contributed by atoms with van der Waals surface area (Å²) < 4.78 is 13.7. The highest BCUT2D eigenvalue weighted by Crippen LogP contribution is 2.25. The summed E-state index contributed by atoms with van der Waals surface area (Å²) >= 11 is 7.04. The van der Waals surface area contributed by atoms with Crippen LogP contribution in [-0.2, 0) is 6.42 Å². The Balaban J connectivity index is 2.72. The van der Waals surface area contributed by atoms with E-state index < -0.39 is 0 Å². The lowest BCUT2D eigenvalue weighted by molar-refractivity contribution is 0.543. The molecule has 0 nitrogen and oxygen atoms in total. The number of hydrogen-bond acceptors (Lipinski definition) is 0. The molecule has 0 fully saturated rings. The lowest BCUT2D eigenvalue weighted by Gasteiger charge is -2.17. The molecule has 0 aliphatic heterocycles. The lowest BCUT2D eigenvalue weighted by Crippen LogP contribution is -2.12. The molecule has 3 heteroatoms. The minimum absolute atomic E-state index is 0.191. The fraction of sp³-hybridized carbons (Fsp3) is 0.500. The molecule has 2 unspecified atom stereocenters. The highest BCUT2D eigenvalue weighted by atomic mass is 79.9. The lowest BCUT2D eigenvalue weighted by atomic mass is 9.97. The van der Waals surface area contributed by atoms with Gasteiger partial charge in [0.05, 0.1) is 0 Å². The number of benzene rings is 1. The predicted molar refractivity (Wildman–Crippen MR) is 70.0 cm³/mol. The molecule has 0 aromatic heterocycles. The van der Waals surface area contributed by atoms with E-state index in [1.165, 1.54) is 17.7 Å². The third-order valence-corrected chi connectivity index (χ3v) is 4.85. The molecular weight excluding hydrogens is 323 g/mol. The largest absolute Gasteiger partial charge is 0.207 e. The second kappa shape index (κ2) is 6.00. The highest BCUT2D eigenvalue weighted by Gasteiger charge is 2.14. The third-order valence-electron chi connectivity index (χ3n) is 2.56. The molecule has 0 radical (unpaired) electrons. The Morgan fingerprint density at radius 3 is 2.60 bits per heavy atom. The molecule has 1 rings (SSSR count). The maximum atomic E-state index is 12.9. The van der Waals surface area contributed by atoms with Crippen molar-refractivity contribution in [2.45, 2.75) is 31.5 Å². The van der Waals surface area contributed by atoms with Crippen molar-refractivity contribution in [3.63, 3.8) is 0 Å². The van der Waals surface area contributed by atoms with Crippen LogP contribution in [0.4, 0.5) is 4.39 Å². The van der Waals surface area contributed by atoms with E-state index in [2.05, 4.69) is 45.7 Å². The van der Waals surface area contributed by atoms with E-state index in [0.717, 1.165) is 17.3 Å². The van der Waals surface area contributed by atoms with E-state index >= 15 is 0 Å². The van der Waals surface area contributed by atoms with E-state index in [1.54, 1.807) is 0 Å². The second-order valence-corrected chi connectivity index (χ2v) is 5.87. The van der Waals surface area contributed by atoms with Gasteiger partial charge in [0.1, 0.15) is 5.82 Å². The molecule has 1 aromatic carbocycles. The maximum Gasteiger partial charge on any atom is 0.124 e. The molecule has 15 heavy (non-hydrogen) atoms. The van der Waals surface area contributed by atoms with Crippen LogP contribution in [0, 0.1) is 11.7 Å². The van der Waals surface area contributed by atoms with Crippen LogP contribution in [0.2, 0.25) is 0 Å². The first-order valence-corrected chi connectivity index (χ1v) is 6.83. The fourth-order valence-electron chi connectivity index (χ4n) is 1.56. The Morgan fingerprint density at radius 2 is 2.07 bits per heavy atom. The van der Waals surface area contributed by atoms with Crippen LogP contribution in [0.3, 0.4) is 0 Å². The number of hydrogen-bond donors (Lipinski definition) is 0. The van der Waals surface area contributed by atoms with Crippen molar-refractivity contribution in [1.29, 1.82) is 0 Å². The first kappa shape index (κ1) is 13.2. The Labute approximate surface area is 108 Å². The standard InChI is InChI=1S/C12H15Br2F/c1-3-11(13)8(2)6-9-4-5-10(15)7-12(9)14/h4-5,7-8,11H,3,6H2,1-2H3. The molecule has 84 valence electrons. The minimum atomic E-state index is -0.191.